The smallest absolute Gasteiger partial charge is 0.264 e. The molecule has 2 aliphatic rings. The van der Waals surface area contributed by atoms with E-state index in [2.05, 4.69) is 4.98 Å². The van der Waals surface area contributed by atoms with E-state index in [9.17, 15) is 14.7 Å². The molecule has 0 saturated heterocycles. The number of rotatable bonds is 2. The highest BCUT2D eigenvalue weighted by atomic mass is 16.3. The fourth-order valence-corrected chi connectivity index (χ4v) is 4.26. The lowest BCUT2D eigenvalue weighted by Gasteiger charge is -2.38. The van der Waals surface area contributed by atoms with Crippen LogP contribution in [-0.4, -0.2) is 47.0 Å². The van der Waals surface area contributed by atoms with Gasteiger partial charge in [-0.3, -0.25) is 19.5 Å². The number of amides is 2. The van der Waals surface area contributed by atoms with Gasteiger partial charge in [0.25, 0.3) is 5.91 Å². The minimum atomic E-state index is -1.81. The Balaban J connectivity index is 0.00000245. The number of aliphatic hydroxyl groups is 1. The average molecular weight is 431 g/mol. The fraction of sp³-hybridized carbons (Fsp3) is 0.250. The topological polar surface area (TPSA) is 89.9 Å². The van der Waals surface area contributed by atoms with Gasteiger partial charge in [0.15, 0.2) is 5.82 Å². The second-order valence-corrected chi connectivity index (χ2v) is 7.77. The van der Waals surface area contributed by atoms with Crippen LogP contribution in [0.4, 0.5) is 17.3 Å². The van der Waals surface area contributed by atoms with Gasteiger partial charge in [-0.2, -0.15) is 0 Å². The van der Waals surface area contributed by atoms with Gasteiger partial charge >= 0.3 is 0 Å². The fourth-order valence-electron chi connectivity index (χ4n) is 4.26. The van der Waals surface area contributed by atoms with Gasteiger partial charge in [0.1, 0.15) is 17.6 Å². The van der Waals surface area contributed by atoms with Crippen LogP contribution in [0.25, 0.3) is 0 Å². The van der Waals surface area contributed by atoms with Crippen LogP contribution in [0.2, 0.25) is 0 Å². The zero-order valence-electron chi connectivity index (χ0n) is 17.4. The van der Waals surface area contributed by atoms with Gasteiger partial charge in [-0.15, -0.1) is 0 Å². The Bertz CT molecular complexity index is 1220. The van der Waals surface area contributed by atoms with Crippen molar-refractivity contribution in [2.24, 2.45) is 0 Å². The maximum atomic E-state index is 13.4. The van der Waals surface area contributed by atoms with Crippen molar-refractivity contribution in [3.63, 3.8) is 0 Å². The summed E-state index contributed by atoms with van der Waals surface area (Å²) in [5.41, 5.74) is -0.0760. The molecular weight excluding hydrogens is 406 g/mol. The second kappa shape index (κ2) is 7.42. The molecule has 0 radical (unpaired) electrons. The first-order valence-corrected chi connectivity index (χ1v) is 9.95. The molecule has 8 heteroatoms. The molecule has 0 saturated carbocycles. The number of pyridine rings is 2. The van der Waals surface area contributed by atoms with Crippen molar-refractivity contribution in [3.05, 3.63) is 77.6 Å². The van der Waals surface area contributed by atoms with Gasteiger partial charge in [0.05, 0.1) is 11.3 Å². The van der Waals surface area contributed by atoms with Gasteiger partial charge < -0.3 is 14.9 Å². The zero-order valence-corrected chi connectivity index (χ0v) is 17.4. The van der Waals surface area contributed by atoms with Crippen LogP contribution in [0.3, 0.4) is 0 Å². The van der Waals surface area contributed by atoms with Gasteiger partial charge in [0, 0.05) is 25.9 Å². The summed E-state index contributed by atoms with van der Waals surface area (Å²) in [5, 5.41) is 11.9. The molecule has 3 aromatic rings. The number of likely N-dealkylation sites (N-methyl/N-ethyl adjacent to an activating group) is 2. The number of fused-ring (bicyclic) bond motifs is 2. The van der Waals surface area contributed by atoms with Gasteiger partial charge in [-0.1, -0.05) is 37.8 Å². The Kier molecular flexibility index (Phi) is 4.97. The molecule has 5 rings (SSSR count). The number of nitrogens with zero attached hydrogens (tertiary/aromatic N) is 5. The lowest BCUT2D eigenvalue weighted by Crippen LogP contribution is -2.50. The SMILES string of the molecule is C.C[C@@H]1C(=O)N(C)c2ccc(N3C(=O)c4cccnc4C3(O)c3ccccc3)nc2N1C. The summed E-state index contributed by atoms with van der Waals surface area (Å²) in [6.45, 7) is 1.80. The second-order valence-electron chi connectivity index (χ2n) is 7.77. The molecule has 0 bridgehead atoms. The number of benzene rings is 1. The molecule has 1 unspecified atom stereocenters. The lowest BCUT2D eigenvalue weighted by atomic mass is 9.98. The number of anilines is 3. The van der Waals surface area contributed by atoms with Gasteiger partial charge in [0.2, 0.25) is 11.6 Å². The van der Waals surface area contributed by atoms with Crippen LogP contribution in [0.5, 0.6) is 0 Å². The average Bonchev–Trinajstić information content (AvgIpc) is 3.04. The zero-order chi connectivity index (χ0) is 21.9. The molecule has 2 amide bonds. The Morgan fingerprint density at radius 3 is 2.44 bits per heavy atom. The summed E-state index contributed by atoms with van der Waals surface area (Å²) in [6.07, 6.45) is 1.56. The van der Waals surface area contributed by atoms with Crippen molar-refractivity contribution < 1.29 is 14.7 Å². The Morgan fingerprint density at radius 2 is 1.72 bits per heavy atom. The maximum absolute atomic E-state index is 13.4. The van der Waals surface area contributed by atoms with Crippen molar-refractivity contribution in [1.82, 2.24) is 9.97 Å². The van der Waals surface area contributed by atoms with Crippen LogP contribution in [-0.2, 0) is 10.5 Å². The number of hydrogen-bond acceptors (Lipinski definition) is 6. The minimum absolute atomic E-state index is 0. The van der Waals surface area contributed by atoms with E-state index in [-0.39, 0.29) is 24.8 Å². The quantitative estimate of drug-likeness (QED) is 0.671. The van der Waals surface area contributed by atoms with Crippen LogP contribution >= 0.6 is 0 Å². The van der Waals surface area contributed by atoms with E-state index in [1.165, 1.54) is 4.90 Å². The monoisotopic (exact) mass is 431 g/mol. The largest absolute Gasteiger partial charge is 0.362 e. The molecule has 0 fully saturated rings. The van der Waals surface area contributed by atoms with Crippen molar-refractivity contribution in [1.29, 1.82) is 0 Å². The minimum Gasteiger partial charge on any atom is -0.362 e. The summed E-state index contributed by atoms with van der Waals surface area (Å²) in [6, 6.07) is 15.2. The summed E-state index contributed by atoms with van der Waals surface area (Å²) in [4.78, 5) is 39.6. The number of aromatic nitrogens is 2. The Hall–Kier alpha value is -3.78. The summed E-state index contributed by atoms with van der Waals surface area (Å²) in [5.74, 6) is 0.395. The lowest BCUT2D eigenvalue weighted by molar-refractivity contribution is -0.119. The predicted molar refractivity (Wildman–Crippen MR) is 123 cm³/mol. The van der Waals surface area contributed by atoms with E-state index < -0.39 is 17.7 Å². The molecule has 2 aliphatic heterocycles. The highest BCUT2D eigenvalue weighted by molar-refractivity contribution is 6.12. The molecule has 1 N–H and O–H groups in total. The number of carbonyl (C=O) groups excluding carboxylic acids is 2. The highest BCUT2D eigenvalue weighted by Crippen LogP contribution is 2.44. The molecule has 2 aromatic heterocycles. The third kappa shape index (κ3) is 2.73. The van der Waals surface area contributed by atoms with E-state index in [1.54, 1.807) is 85.5 Å². The predicted octanol–water partition coefficient (Wildman–Crippen LogP) is 2.77. The van der Waals surface area contributed by atoms with Crippen LogP contribution < -0.4 is 14.7 Å². The third-order valence-electron chi connectivity index (χ3n) is 6.10. The van der Waals surface area contributed by atoms with Gasteiger partial charge in [-0.05, 0) is 31.2 Å². The standard InChI is InChI=1S/C23H21N5O3.CH4/c1-14-21(29)27(3)17-11-12-18(25-20(17)26(14)2)28-22(30)16-10-7-13-24-19(16)23(28,31)15-8-5-4-6-9-15;/h4-14,31H,1-3H3;1H4/t14-,23?;/m1./s1. The number of carbonyl (C=O) groups is 2. The van der Waals surface area contributed by atoms with Crippen LogP contribution in [0.15, 0.2) is 60.8 Å². The van der Waals surface area contributed by atoms with E-state index in [0.29, 0.717) is 22.6 Å². The summed E-state index contributed by atoms with van der Waals surface area (Å²) >= 11 is 0. The highest BCUT2D eigenvalue weighted by Gasteiger charge is 2.53. The Morgan fingerprint density at radius 1 is 1.00 bits per heavy atom. The molecule has 2 atom stereocenters. The van der Waals surface area contributed by atoms with Crippen molar-refractivity contribution in [3.8, 4) is 0 Å². The van der Waals surface area contributed by atoms with E-state index >= 15 is 0 Å². The Labute approximate surface area is 186 Å². The first-order chi connectivity index (χ1) is 14.9. The van der Waals surface area contributed by atoms with Crippen LogP contribution in [0.1, 0.15) is 36.0 Å². The molecule has 0 spiro atoms. The molecule has 32 heavy (non-hydrogen) atoms. The molecule has 0 aliphatic carbocycles. The first kappa shape index (κ1) is 21.5. The normalized spacial score (nSPS) is 21.9. The summed E-state index contributed by atoms with van der Waals surface area (Å²) < 4.78 is 0. The van der Waals surface area contributed by atoms with Crippen molar-refractivity contribution in [2.45, 2.75) is 26.1 Å². The van der Waals surface area contributed by atoms with E-state index in [0.717, 1.165) is 0 Å². The number of hydrogen-bond donors (Lipinski definition) is 1. The molecule has 4 heterocycles. The first-order valence-electron chi connectivity index (χ1n) is 9.95. The van der Waals surface area contributed by atoms with Gasteiger partial charge in [-0.25, -0.2) is 4.98 Å². The molecular formula is C24H25N5O3. The molecule has 1 aromatic carbocycles. The van der Waals surface area contributed by atoms with E-state index in [4.69, 9.17) is 4.98 Å². The molecule has 8 nitrogen and oxygen atoms in total. The van der Waals surface area contributed by atoms with Crippen molar-refractivity contribution in [2.75, 3.05) is 28.8 Å². The maximum Gasteiger partial charge on any atom is 0.264 e. The molecule has 164 valence electrons. The third-order valence-corrected chi connectivity index (χ3v) is 6.10. The van der Waals surface area contributed by atoms with Crippen LogP contribution in [0, 0.1) is 0 Å². The van der Waals surface area contributed by atoms with E-state index in [1.807, 2.05) is 6.07 Å². The summed E-state index contributed by atoms with van der Waals surface area (Å²) in [7, 11) is 3.49. The van der Waals surface area contributed by atoms with Crippen molar-refractivity contribution >= 4 is 29.1 Å².